The molecule has 2 heterocycles. The zero-order valence-corrected chi connectivity index (χ0v) is 21.1. The fourth-order valence-electron chi connectivity index (χ4n) is 5.39. The van der Waals surface area contributed by atoms with E-state index >= 15 is 0 Å². The lowest BCUT2D eigenvalue weighted by Crippen LogP contribution is -2.48. The van der Waals surface area contributed by atoms with Crippen LogP contribution in [0.2, 0.25) is 0 Å². The topological polar surface area (TPSA) is 45.2 Å². The number of likely N-dealkylation sites (tertiary alicyclic amines) is 1. The second-order valence-corrected chi connectivity index (χ2v) is 9.99. The van der Waals surface area contributed by atoms with Gasteiger partial charge in [0.15, 0.2) is 0 Å². The molecule has 2 atom stereocenters. The van der Waals surface area contributed by atoms with E-state index in [2.05, 4.69) is 58.9 Å². The van der Waals surface area contributed by atoms with Crippen molar-refractivity contribution >= 4 is 11.6 Å². The summed E-state index contributed by atoms with van der Waals surface area (Å²) in [6.45, 7) is 10.9. The second kappa shape index (κ2) is 11.1. The summed E-state index contributed by atoms with van der Waals surface area (Å²) >= 11 is 0. The average molecular weight is 466 g/mol. The molecule has 6 nitrogen and oxygen atoms in total. The van der Waals surface area contributed by atoms with Gasteiger partial charge in [0.2, 0.25) is 5.91 Å². The van der Waals surface area contributed by atoms with E-state index in [4.69, 9.17) is 9.47 Å². The number of piperazine rings is 1. The van der Waals surface area contributed by atoms with Crippen molar-refractivity contribution in [3.05, 3.63) is 54.1 Å². The monoisotopic (exact) mass is 465 g/mol. The van der Waals surface area contributed by atoms with Crippen molar-refractivity contribution < 1.29 is 14.3 Å². The molecule has 2 aliphatic rings. The first-order valence-electron chi connectivity index (χ1n) is 12.5. The molecule has 0 saturated carbocycles. The molecule has 34 heavy (non-hydrogen) atoms. The fraction of sp³-hybridized carbons (Fsp3) is 0.536. The Balaban J connectivity index is 1.44. The van der Waals surface area contributed by atoms with Crippen LogP contribution in [0.15, 0.2) is 48.5 Å². The number of hydrogen-bond acceptors (Lipinski definition) is 5. The summed E-state index contributed by atoms with van der Waals surface area (Å²) < 4.78 is 11.1. The number of ether oxygens (including phenoxy) is 2. The lowest BCUT2D eigenvalue weighted by molar-refractivity contribution is -0.131. The van der Waals surface area contributed by atoms with Crippen LogP contribution >= 0.6 is 0 Å². The summed E-state index contributed by atoms with van der Waals surface area (Å²) in [5.74, 6) is 3.18. The van der Waals surface area contributed by atoms with Gasteiger partial charge in [-0.2, -0.15) is 0 Å². The van der Waals surface area contributed by atoms with E-state index in [1.165, 1.54) is 11.3 Å². The van der Waals surface area contributed by atoms with E-state index in [0.29, 0.717) is 24.2 Å². The van der Waals surface area contributed by atoms with Gasteiger partial charge in [-0.15, -0.1) is 0 Å². The Bertz CT molecular complexity index is 955. The van der Waals surface area contributed by atoms with Crippen LogP contribution in [0.25, 0.3) is 0 Å². The average Bonchev–Trinajstić information content (AvgIpc) is 3.28. The van der Waals surface area contributed by atoms with Gasteiger partial charge < -0.3 is 19.3 Å². The van der Waals surface area contributed by atoms with Crippen LogP contribution in [0.5, 0.6) is 11.5 Å². The molecule has 2 aromatic carbocycles. The van der Waals surface area contributed by atoms with Crippen LogP contribution < -0.4 is 14.4 Å². The summed E-state index contributed by atoms with van der Waals surface area (Å²) in [4.78, 5) is 20.0. The quantitative estimate of drug-likeness (QED) is 0.587. The van der Waals surface area contributed by atoms with Gasteiger partial charge in [0.1, 0.15) is 11.5 Å². The number of hydrogen-bond donors (Lipinski definition) is 0. The van der Waals surface area contributed by atoms with Gasteiger partial charge in [-0.25, -0.2) is 0 Å². The predicted molar refractivity (Wildman–Crippen MR) is 137 cm³/mol. The lowest BCUT2D eigenvalue weighted by Gasteiger charge is -2.38. The largest absolute Gasteiger partial charge is 0.497 e. The van der Waals surface area contributed by atoms with Gasteiger partial charge in [0, 0.05) is 69.9 Å². The number of benzene rings is 2. The minimum absolute atomic E-state index is 0.278. The summed E-state index contributed by atoms with van der Waals surface area (Å²) in [6, 6.07) is 16.6. The van der Waals surface area contributed by atoms with Crippen LogP contribution in [-0.4, -0.2) is 75.7 Å². The van der Waals surface area contributed by atoms with Crippen LogP contribution in [0.4, 0.5) is 5.69 Å². The maximum atomic E-state index is 12.9. The first kappa shape index (κ1) is 24.4. The highest BCUT2D eigenvalue weighted by Crippen LogP contribution is 2.38. The van der Waals surface area contributed by atoms with Crippen molar-refractivity contribution in [3.8, 4) is 11.5 Å². The number of carbonyl (C=O) groups excluding carboxylic acids is 1. The van der Waals surface area contributed by atoms with Crippen molar-refractivity contribution in [1.82, 2.24) is 9.80 Å². The van der Waals surface area contributed by atoms with E-state index in [1.807, 2.05) is 18.2 Å². The molecule has 0 N–H and O–H groups in total. The number of amides is 1. The summed E-state index contributed by atoms with van der Waals surface area (Å²) in [7, 11) is 3.45. The predicted octanol–water partition coefficient (Wildman–Crippen LogP) is 4.11. The number of methoxy groups -OCH3 is 2. The maximum Gasteiger partial charge on any atom is 0.222 e. The highest BCUT2D eigenvalue weighted by molar-refractivity contribution is 5.77. The standard InChI is InChI=1S/C28H39N3O3/c1-21(2)16-28(32)31-19-22(26(20-31)25-10-5-6-11-27(25)34-4)18-29-12-14-30(15-13-29)23-8-7-9-24(17-23)33-3/h5-11,17,21-22,26H,12-16,18-20H2,1-4H3. The number of carbonyl (C=O) groups is 1. The molecule has 1 amide bonds. The maximum absolute atomic E-state index is 12.9. The minimum Gasteiger partial charge on any atom is -0.497 e. The molecule has 184 valence electrons. The Labute approximate surface area is 204 Å². The third-order valence-corrected chi connectivity index (χ3v) is 7.20. The SMILES string of the molecule is COc1cccc(N2CCN(CC3CN(C(=O)CC(C)C)CC3c3ccccc3OC)CC2)c1. The van der Waals surface area contributed by atoms with Crippen molar-refractivity contribution in [2.75, 3.05) is 64.9 Å². The number of rotatable bonds is 8. The number of nitrogens with zero attached hydrogens (tertiary/aromatic N) is 3. The fourth-order valence-corrected chi connectivity index (χ4v) is 5.39. The summed E-state index contributed by atoms with van der Waals surface area (Å²) in [5.41, 5.74) is 2.45. The van der Waals surface area contributed by atoms with Gasteiger partial charge in [-0.05, 0) is 35.6 Å². The molecule has 4 rings (SSSR count). The lowest BCUT2D eigenvalue weighted by atomic mass is 9.87. The minimum atomic E-state index is 0.278. The van der Waals surface area contributed by atoms with E-state index in [9.17, 15) is 4.79 Å². The third-order valence-electron chi connectivity index (χ3n) is 7.20. The van der Waals surface area contributed by atoms with Crippen LogP contribution in [0, 0.1) is 11.8 Å². The van der Waals surface area contributed by atoms with Gasteiger partial charge in [-0.1, -0.05) is 38.1 Å². The smallest absolute Gasteiger partial charge is 0.222 e. The van der Waals surface area contributed by atoms with Gasteiger partial charge in [-0.3, -0.25) is 9.69 Å². The normalized spacial score (nSPS) is 21.2. The van der Waals surface area contributed by atoms with Gasteiger partial charge >= 0.3 is 0 Å². The molecule has 0 spiro atoms. The second-order valence-electron chi connectivity index (χ2n) is 9.99. The van der Waals surface area contributed by atoms with E-state index < -0.39 is 0 Å². The van der Waals surface area contributed by atoms with Crippen molar-refractivity contribution in [2.45, 2.75) is 26.2 Å². The molecule has 2 aromatic rings. The van der Waals surface area contributed by atoms with Gasteiger partial charge in [0.05, 0.1) is 14.2 Å². The molecular weight excluding hydrogens is 426 g/mol. The first-order valence-corrected chi connectivity index (χ1v) is 12.5. The molecule has 2 aliphatic heterocycles. The Hall–Kier alpha value is -2.73. The third kappa shape index (κ3) is 5.66. The number of anilines is 1. The Morgan fingerprint density at radius 3 is 2.44 bits per heavy atom. The van der Waals surface area contributed by atoms with E-state index in [1.54, 1.807) is 14.2 Å². The van der Waals surface area contributed by atoms with Crippen LogP contribution in [0.3, 0.4) is 0 Å². The Kier molecular flexibility index (Phi) is 7.99. The summed E-state index contributed by atoms with van der Waals surface area (Å²) in [5, 5.41) is 0. The Morgan fingerprint density at radius 1 is 0.971 bits per heavy atom. The Morgan fingerprint density at radius 2 is 1.74 bits per heavy atom. The van der Waals surface area contributed by atoms with Crippen molar-refractivity contribution in [3.63, 3.8) is 0 Å². The molecule has 0 radical (unpaired) electrons. The van der Waals surface area contributed by atoms with Gasteiger partial charge in [0.25, 0.3) is 0 Å². The van der Waals surface area contributed by atoms with Crippen LogP contribution in [-0.2, 0) is 4.79 Å². The van der Waals surface area contributed by atoms with Crippen LogP contribution in [0.1, 0.15) is 31.7 Å². The molecule has 2 saturated heterocycles. The molecule has 2 unspecified atom stereocenters. The molecule has 6 heteroatoms. The highest BCUT2D eigenvalue weighted by Gasteiger charge is 2.38. The van der Waals surface area contributed by atoms with E-state index in [0.717, 1.165) is 57.3 Å². The van der Waals surface area contributed by atoms with E-state index in [-0.39, 0.29) is 5.91 Å². The summed E-state index contributed by atoms with van der Waals surface area (Å²) in [6.07, 6.45) is 0.616. The molecule has 0 aromatic heterocycles. The van der Waals surface area contributed by atoms with Crippen molar-refractivity contribution in [2.24, 2.45) is 11.8 Å². The number of para-hydroxylation sites is 1. The highest BCUT2D eigenvalue weighted by atomic mass is 16.5. The molecule has 2 fully saturated rings. The zero-order chi connectivity index (χ0) is 24.1. The first-order chi connectivity index (χ1) is 16.5. The molecular formula is C28H39N3O3. The molecule has 0 bridgehead atoms. The zero-order valence-electron chi connectivity index (χ0n) is 21.1. The van der Waals surface area contributed by atoms with Crippen molar-refractivity contribution in [1.29, 1.82) is 0 Å². The molecule has 0 aliphatic carbocycles.